The molecular formula is C14H16F3N3O. The quantitative estimate of drug-likeness (QED) is 0.898. The Hall–Kier alpha value is -2.23. The molecule has 1 aromatic rings. The second kappa shape index (κ2) is 6.04. The molecule has 7 heteroatoms. The van der Waals surface area contributed by atoms with Crippen LogP contribution < -0.4 is 10.6 Å². The van der Waals surface area contributed by atoms with E-state index in [4.69, 9.17) is 5.26 Å². The van der Waals surface area contributed by atoms with Crippen LogP contribution >= 0.6 is 0 Å². The van der Waals surface area contributed by atoms with Crippen LogP contribution in [0.15, 0.2) is 18.2 Å². The summed E-state index contributed by atoms with van der Waals surface area (Å²) in [5.74, 6) is -0.223. The Morgan fingerprint density at radius 3 is 2.43 bits per heavy atom. The number of anilines is 1. The van der Waals surface area contributed by atoms with Gasteiger partial charge in [-0.15, -0.1) is 0 Å². The molecule has 114 valence electrons. The highest BCUT2D eigenvalue weighted by Gasteiger charge is 2.34. The smallest absolute Gasteiger partial charge is 0.384 e. The van der Waals surface area contributed by atoms with Crippen LogP contribution in [0.2, 0.25) is 0 Å². The molecule has 0 aliphatic rings. The van der Waals surface area contributed by atoms with Gasteiger partial charge in [-0.1, -0.05) is 0 Å². The summed E-state index contributed by atoms with van der Waals surface area (Å²) in [5.41, 5.74) is -1.99. The molecule has 1 amide bonds. The number of hydrogen-bond donors (Lipinski definition) is 2. The molecule has 0 spiro atoms. The van der Waals surface area contributed by atoms with Gasteiger partial charge in [0, 0.05) is 19.3 Å². The van der Waals surface area contributed by atoms with Gasteiger partial charge in [0.05, 0.1) is 22.6 Å². The fraction of sp³-hybridized carbons (Fsp3) is 0.429. The number of nitrogens with one attached hydrogen (secondary N) is 2. The number of benzene rings is 1. The predicted octanol–water partition coefficient (Wildman–Crippen LogP) is 2.76. The van der Waals surface area contributed by atoms with Gasteiger partial charge in [-0.3, -0.25) is 4.79 Å². The number of nitrogens with zero attached hydrogens (tertiary/aromatic N) is 1. The van der Waals surface area contributed by atoms with Crippen molar-refractivity contribution in [3.05, 3.63) is 29.3 Å². The highest BCUT2D eigenvalue weighted by Crippen LogP contribution is 2.33. The third-order valence-corrected chi connectivity index (χ3v) is 3.02. The summed E-state index contributed by atoms with van der Waals surface area (Å²) in [7, 11) is 1.49. The van der Waals surface area contributed by atoms with E-state index >= 15 is 0 Å². The van der Waals surface area contributed by atoms with Crippen LogP contribution in [0.5, 0.6) is 0 Å². The van der Waals surface area contributed by atoms with Gasteiger partial charge in [-0.25, -0.2) is 0 Å². The molecule has 0 aliphatic heterocycles. The molecular weight excluding hydrogens is 283 g/mol. The van der Waals surface area contributed by atoms with Crippen molar-refractivity contribution in [1.29, 1.82) is 5.26 Å². The van der Waals surface area contributed by atoms with E-state index < -0.39 is 22.7 Å². The summed E-state index contributed by atoms with van der Waals surface area (Å²) in [6, 6.07) is 4.88. The highest BCUT2D eigenvalue weighted by molar-refractivity contribution is 5.82. The lowest BCUT2D eigenvalue weighted by Crippen LogP contribution is -2.39. The van der Waals surface area contributed by atoms with Gasteiger partial charge in [0.15, 0.2) is 0 Å². The zero-order chi connectivity index (χ0) is 16.3. The van der Waals surface area contributed by atoms with Crippen LogP contribution in [0.3, 0.4) is 0 Å². The minimum Gasteiger partial charge on any atom is -0.384 e. The second-order valence-electron chi connectivity index (χ2n) is 5.19. The maximum absolute atomic E-state index is 12.8. The van der Waals surface area contributed by atoms with Crippen molar-refractivity contribution in [2.24, 2.45) is 5.41 Å². The van der Waals surface area contributed by atoms with E-state index in [0.29, 0.717) is 0 Å². The molecule has 1 rings (SSSR count). The molecule has 0 heterocycles. The maximum Gasteiger partial charge on any atom is 0.417 e. The first kappa shape index (κ1) is 16.8. The Balaban J connectivity index is 2.97. The van der Waals surface area contributed by atoms with Crippen molar-refractivity contribution >= 4 is 11.6 Å². The molecule has 2 N–H and O–H groups in total. The van der Waals surface area contributed by atoms with E-state index in [-0.39, 0.29) is 18.1 Å². The number of carbonyl (C=O) groups is 1. The highest BCUT2D eigenvalue weighted by atomic mass is 19.4. The summed E-state index contributed by atoms with van der Waals surface area (Å²) in [5, 5.41) is 14.0. The maximum atomic E-state index is 12.8. The average molecular weight is 299 g/mol. The summed E-state index contributed by atoms with van der Waals surface area (Å²) < 4.78 is 38.5. The van der Waals surface area contributed by atoms with Crippen LogP contribution in [0.4, 0.5) is 18.9 Å². The van der Waals surface area contributed by atoms with E-state index in [2.05, 4.69) is 10.6 Å². The van der Waals surface area contributed by atoms with Crippen molar-refractivity contribution in [1.82, 2.24) is 5.32 Å². The van der Waals surface area contributed by atoms with E-state index in [1.54, 1.807) is 13.8 Å². The number of alkyl halides is 3. The number of hydrogen-bond acceptors (Lipinski definition) is 3. The topological polar surface area (TPSA) is 64.9 Å². The molecule has 0 aliphatic carbocycles. The molecule has 4 nitrogen and oxygen atoms in total. The summed E-state index contributed by atoms with van der Waals surface area (Å²) in [4.78, 5) is 11.6. The van der Waals surface area contributed by atoms with Crippen LogP contribution in [0.25, 0.3) is 0 Å². The second-order valence-corrected chi connectivity index (χ2v) is 5.19. The summed E-state index contributed by atoms with van der Waals surface area (Å²) >= 11 is 0. The van der Waals surface area contributed by atoms with E-state index in [1.807, 2.05) is 0 Å². The van der Waals surface area contributed by atoms with Crippen molar-refractivity contribution in [3.63, 3.8) is 0 Å². The van der Waals surface area contributed by atoms with Crippen LogP contribution in [-0.2, 0) is 11.0 Å². The normalized spacial score (nSPS) is 11.7. The first-order chi connectivity index (χ1) is 9.61. The summed E-state index contributed by atoms with van der Waals surface area (Å²) in [6.45, 7) is 3.51. The van der Waals surface area contributed by atoms with Gasteiger partial charge >= 0.3 is 6.18 Å². The third kappa shape index (κ3) is 4.12. The number of carbonyl (C=O) groups excluding carboxylic acids is 1. The molecule has 0 saturated carbocycles. The number of amides is 1. The summed E-state index contributed by atoms with van der Waals surface area (Å²) in [6.07, 6.45) is -4.60. The van der Waals surface area contributed by atoms with Gasteiger partial charge in [0.1, 0.15) is 0 Å². The van der Waals surface area contributed by atoms with Crippen LogP contribution in [-0.4, -0.2) is 19.5 Å². The molecule has 0 radical (unpaired) electrons. The zero-order valence-corrected chi connectivity index (χ0v) is 11.9. The van der Waals surface area contributed by atoms with E-state index in [9.17, 15) is 18.0 Å². The van der Waals surface area contributed by atoms with Gasteiger partial charge in [-0.2, -0.15) is 18.4 Å². The van der Waals surface area contributed by atoms with Gasteiger partial charge in [0.2, 0.25) is 5.91 Å². The van der Waals surface area contributed by atoms with E-state index in [0.717, 1.165) is 12.1 Å². The van der Waals surface area contributed by atoms with Gasteiger partial charge in [0.25, 0.3) is 0 Å². The molecule has 0 bridgehead atoms. The Morgan fingerprint density at radius 1 is 1.33 bits per heavy atom. The molecule has 0 fully saturated rings. The standard InChI is InChI=1S/C14H16F3N3O/c1-13(2,12(21)19-3)8-20-10-5-4-9(7-18)11(6-10)14(15,16)17/h4-6,20H,8H2,1-3H3,(H,19,21). The molecule has 1 aromatic carbocycles. The Bertz CT molecular complexity index is 574. The lowest BCUT2D eigenvalue weighted by molar-refractivity contribution is -0.137. The number of nitriles is 1. The minimum atomic E-state index is -4.60. The fourth-order valence-corrected chi connectivity index (χ4v) is 1.73. The Morgan fingerprint density at radius 2 is 1.95 bits per heavy atom. The van der Waals surface area contributed by atoms with Crippen molar-refractivity contribution in [3.8, 4) is 6.07 Å². The lowest BCUT2D eigenvalue weighted by Gasteiger charge is -2.23. The van der Waals surface area contributed by atoms with E-state index in [1.165, 1.54) is 19.2 Å². The Labute approximate surface area is 121 Å². The lowest BCUT2D eigenvalue weighted by atomic mass is 9.92. The first-order valence-corrected chi connectivity index (χ1v) is 6.19. The number of halogens is 3. The molecule has 21 heavy (non-hydrogen) atoms. The van der Waals surface area contributed by atoms with Gasteiger partial charge in [-0.05, 0) is 32.0 Å². The number of rotatable bonds is 4. The SMILES string of the molecule is CNC(=O)C(C)(C)CNc1ccc(C#N)c(C(F)(F)F)c1. The average Bonchev–Trinajstić information content (AvgIpc) is 2.43. The zero-order valence-electron chi connectivity index (χ0n) is 11.9. The van der Waals surface area contributed by atoms with Gasteiger partial charge < -0.3 is 10.6 Å². The first-order valence-electron chi connectivity index (χ1n) is 6.19. The third-order valence-electron chi connectivity index (χ3n) is 3.02. The molecule has 0 atom stereocenters. The largest absolute Gasteiger partial charge is 0.417 e. The monoisotopic (exact) mass is 299 g/mol. The minimum absolute atomic E-state index is 0.163. The van der Waals surface area contributed by atoms with Crippen LogP contribution in [0, 0.1) is 16.7 Å². The van der Waals surface area contributed by atoms with Crippen molar-refractivity contribution in [2.45, 2.75) is 20.0 Å². The molecule has 0 unspecified atom stereocenters. The Kier molecular flexibility index (Phi) is 4.84. The van der Waals surface area contributed by atoms with Crippen LogP contribution in [0.1, 0.15) is 25.0 Å². The van der Waals surface area contributed by atoms with Crippen molar-refractivity contribution < 1.29 is 18.0 Å². The molecule has 0 saturated heterocycles. The predicted molar refractivity (Wildman–Crippen MR) is 72.5 cm³/mol. The fourth-order valence-electron chi connectivity index (χ4n) is 1.73. The van der Waals surface area contributed by atoms with Crippen molar-refractivity contribution in [2.75, 3.05) is 18.9 Å². The molecule has 0 aromatic heterocycles.